The summed E-state index contributed by atoms with van der Waals surface area (Å²) in [5.41, 5.74) is 3.22. The number of amidine groups is 1. The first-order valence-electron chi connectivity index (χ1n) is 12.2. The largest absolute Gasteiger partial charge is 0.488 e. The van der Waals surface area contributed by atoms with Crippen molar-refractivity contribution >= 4 is 34.7 Å². The number of nitrogens with zero attached hydrogens (tertiary/aromatic N) is 3. The molecular weight excluding hydrogens is 454 g/mol. The maximum absolute atomic E-state index is 13.6. The first kappa shape index (κ1) is 23.4. The van der Waals surface area contributed by atoms with Crippen LogP contribution in [0.5, 0.6) is 5.75 Å². The van der Waals surface area contributed by atoms with E-state index in [0.29, 0.717) is 22.5 Å². The molecule has 2 aromatic carbocycles. The molecule has 3 aromatic rings. The van der Waals surface area contributed by atoms with Crippen LogP contribution in [-0.4, -0.2) is 27.0 Å². The SMILES string of the molecule is Cc1ccc(COc2ccccc2/C=C2\S/C(=N/c3ccccn3)N(C3CCCCC3)C2=O)cc1. The van der Waals surface area contributed by atoms with E-state index in [1.165, 1.54) is 23.7 Å². The van der Waals surface area contributed by atoms with Gasteiger partial charge in [-0.25, -0.2) is 9.98 Å². The summed E-state index contributed by atoms with van der Waals surface area (Å²) in [6.07, 6.45) is 9.20. The minimum Gasteiger partial charge on any atom is -0.488 e. The molecule has 5 rings (SSSR count). The van der Waals surface area contributed by atoms with E-state index in [-0.39, 0.29) is 11.9 Å². The fraction of sp³-hybridized carbons (Fsp3) is 0.276. The second-order valence-electron chi connectivity index (χ2n) is 8.97. The zero-order valence-electron chi connectivity index (χ0n) is 19.9. The van der Waals surface area contributed by atoms with Gasteiger partial charge in [-0.3, -0.25) is 9.69 Å². The van der Waals surface area contributed by atoms with Crippen molar-refractivity contribution in [1.82, 2.24) is 9.88 Å². The van der Waals surface area contributed by atoms with Gasteiger partial charge in [0.15, 0.2) is 11.0 Å². The second kappa shape index (κ2) is 10.9. The summed E-state index contributed by atoms with van der Waals surface area (Å²) in [6, 6.07) is 22.0. The van der Waals surface area contributed by atoms with Crippen LogP contribution in [0.2, 0.25) is 0 Å². The molecule has 2 fully saturated rings. The minimum absolute atomic E-state index is 0.0184. The molecular formula is C29H29N3O2S. The highest BCUT2D eigenvalue weighted by molar-refractivity contribution is 8.18. The Labute approximate surface area is 210 Å². The Hall–Kier alpha value is -3.38. The molecule has 0 bridgehead atoms. The van der Waals surface area contributed by atoms with Gasteiger partial charge in [-0.1, -0.05) is 73.4 Å². The fourth-order valence-electron chi connectivity index (χ4n) is 4.46. The number of carbonyl (C=O) groups is 1. The highest BCUT2D eigenvalue weighted by atomic mass is 32.2. The summed E-state index contributed by atoms with van der Waals surface area (Å²) < 4.78 is 6.16. The lowest BCUT2D eigenvalue weighted by atomic mass is 9.94. The van der Waals surface area contributed by atoms with Crippen molar-refractivity contribution in [1.29, 1.82) is 0 Å². The van der Waals surface area contributed by atoms with Crippen molar-refractivity contribution < 1.29 is 9.53 Å². The van der Waals surface area contributed by atoms with E-state index in [0.717, 1.165) is 42.6 Å². The Morgan fingerprint density at radius 3 is 2.57 bits per heavy atom. The van der Waals surface area contributed by atoms with Gasteiger partial charge >= 0.3 is 0 Å². The van der Waals surface area contributed by atoms with Gasteiger partial charge in [-0.05, 0) is 61.4 Å². The van der Waals surface area contributed by atoms with E-state index in [1.54, 1.807) is 6.20 Å². The van der Waals surface area contributed by atoms with Crippen LogP contribution < -0.4 is 4.74 Å². The average Bonchev–Trinajstić information content (AvgIpc) is 3.19. The summed E-state index contributed by atoms with van der Waals surface area (Å²) in [7, 11) is 0. The summed E-state index contributed by atoms with van der Waals surface area (Å²) in [5, 5.41) is 0.713. The topological polar surface area (TPSA) is 54.8 Å². The van der Waals surface area contributed by atoms with E-state index < -0.39 is 0 Å². The van der Waals surface area contributed by atoms with Crippen LogP contribution in [0.1, 0.15) is 48.8 Å². The normalized spacial score (nSPS) is 19.0. The van der Waals surface area contributed by atoms with Gasteiger partial charge in [0.2, 0.25) is 0 Å². The molecule has 0 atom stereocenters. The first-order chi connectivity index (χ1) is 17.2. The van der Waals surface area contributed by atoms with Gasteiger partial charge in [-0.15, -0.1) is 0 Å². The molecule has 1 aromatic heterocycles. The number of para-hydroxylation sites is 1. The van der Waals surface area contributed by atoms with Gasteiger partial charge in [-0.2, -0.15) is 0 Å². The lowest BCUT2D eigenvalue weighted by Crippen LogP contribution is -2.40. The number of carbonyl (C=O) groups excluding carboxylic acids is 1. The quantitative estimate of drug-likeness (QED) is 0.358. The molecule has 0 unspecified atom stereocenters. The molecule has 1 aliphatic heterocycles. The van der Waals surface area contributed by atoms with E-state index in [9.17, 15) is 4.79 Å². The lowest BCUT2D eigenvalue weighted by molar-refractivity contribution is -0.124. The predicted molar refractivity (Wildman–Crippen MR) is 143 cm³/mol. The number of hydrogen-bond donors (Lipinski definition) is 0. The highest BCUT2D eigenvalue weighted by Gasteiger charge is 2.38. The standard InChI is InChI=1S/C29H29N3O2S/c1-21-14-16-22(17-15-21)20-34-25-12-6-5-9-23(25)19-26-28(33)32(24-10-3-2-4-11-24)29(35-26)31-27-13-7-8-18-30-27/h5-9,12-19,24H,2-4,10-11,20H2,1H3/b26-19-,31-29+. The molecule has 0 spiro atoms. The van der Waals surface area contributed by atoms with Crippen LogP contribution >= 0.6 is 11.8 Å². The Bertz CT molecular complexity index is 1230. The van der Waals surface area contributed by atoms with E-state index in [2.05, 4.69) is 36.2 Å². The van der Waals surface area contributed by atoms with Crippen LogP contribution in [0.4, 0.5) is 5.82 Å². The van der Waals surface area contributed by atoms with Gasteiger partial charge in [0.05, 0.1) is 4.91 Å². The van der Waals surface area contributed by atoms with Gasteiger partial charge in [0.25, 0.3) is 5.91 Å². The molecule has 0 radical (unpaired) electrons. The number of hydrogen-bond acceptors (Lipinski definition) is 5. The molecule has 35 heavy (non-hydrogen) atoms. The maximum atomic E-state index is 13.6. The van der Waals surface area contributed by atoms with E-state index in [1.807, 2.05) is 53.4 Å². The number of aromatic nitrogens is 1. The second-order valence-corrected chi connectivity index (χ2v) is 9.98. The van der Waals surface area contributed by atoms with Crippen LogP contribution in [0.3, 0.4) is 0 Å². The third-order valence-electron chi connectivity index (χ3n) is 6.36. The third kappa shape index (κ3) is 5.65. The van der Waals surface area contributed by atoms with Crippen LogP contribution in [0.15, 0.2) is 82.8 Å². The average molecular weight is 484 g/mol. The summed E-state index contributed by atoms with van der Waals surface area (Å²) in [4.78, 5) is 25.3. The van der Waals surface area contributed by atoms with Crippen LogP contribution in [0.25, 0.3) is 6.08 Å². The van der Waals surface area contributed by atoms with Gasteiger partial charge < -0.3 is 4.74 Å². The van der Waals surface area contributed by atoms with Crippen molar-refractivity contribution in [2.45, 2.75) is 51.7 Å². The molecule has 1 saturated carbocycles. The number of benzene rings is 2. The lowest BCUT2D eigenvalue weighted by Gasteiger charge is -2.30. The number of thioether (sulfide) groups is 1. The number of ether oxygens (including phenoxy) is 1. The molecule has 1 amide bonds. The number of pyridine rings is 1. The maximum Gasteiger partial charge on any atom is 0.267 e. The predicted octanol–water partition coefficient (Wildman–Crippen LogP) is 6.91. The molecule has 2 heterocycles. The summed E-state index contributed by atoms with van der Waals surface area (Å²) >= 11 is 1.43. The van der Waals surface area contributed by atoms with Gasteiger partial charge in [0, 0.05) is 17.8 Å². The zero-order valence-corrected chi connectivity index (χ0v) is 20.7. The first-order valence-corrected chi connectivity index (χ1v) is 13.0. The minimum atomic E-state index is 0.0184. The molecule has 0 N–H and O–H groups in total. The monoisotopic (exact) mass is 483 g/mol. The van der Waals surface area contributed by atoms with Crippen LogP contribution in [-0.2, 0) is 11.4 Å². The van der Waals surface area contributed by atoms with Crippen molar-refractivity contribution in [3.05, 3.63) is 94.5 Å². The van der Waals surface area contributed by atoms with E-state index >= 15 is 0 Å². The zero-order chi connectivity index (χ0) is 24.0. The van der Waals surface area contributed by atoms with Gasteiger partial charge in [0.1, 0.15) is 12.4 Å². The molecule has 1 saturated heterocycles. The number of amides is 1. The molecule has 2 aliphatic rings. The van der Waals surface area contributed by atoms with Crippen molar-refractivity contribution in [2.24, 2.45) is 4.99 Å². The molecule has 5 nitrogen and oxygen atoms in total. The smallest absolute Gasteiger partial charge is 0.267 e. The summed E-state index contributed by atoms with van der Waals surface area (Å²) in [5.74, 6) is 1.39. The molecule has 1 aliphatic carbocycles. The molecule has 178 valence electrons. The third-order valence-corrected chi connectivity index (χ3v) is 7.34. The Balaban J connectivity index is 1.42. The highest BCUT2D eigenvalue weighted by Crippen LogP contribution is 2.39. The Morgan fingerprint density at radius 1 is 1.03 bits per heavy atom. The van der Waals surface area contributed by atoms with E-state index in [4.69, 9.17) is 9.73 Å². The Kier molecular flexibility index (Phi) is 7.28. The van der Waals surface area contributed by atoms with Crippen molar-refractivity contribution in [2.75, 3.05) is 0 Å². The number of aryl methyl sites for hydroxylation is 1. The fourth-order valence-corrected chi connectivity index (χ4v) is 5.50. The summed E-state index contributed by atoms with van der Waals surface area (Å²) in [6.45, 7) is 2.55. The van der Waals surface area contributed by atoms with Crippen molar-refractivity contribution in [3.63, 3.8) is 0 Å². The Morgan fingerprint density at radius 2 is 1.80 bits per heavy atom. The molecule has 6 heteroatoms. The number of rotatable bonds is 6. The number of aliphatic imine (C=N–C) groups is 1. The van der Waals surface area contributed by atoms with Crippen molar-refractivity contribution in [3.8, 4) is 5.75 Å². The van der Waals surface area contributed by atoms with Crippen LogP contribution in [0, 0.1) is 6.92 Å².